The van der Waals surface area contributed by atoms with Gasteiger partial charge >= 0.3 is 6.09 Å². The van der Waals surface area contributed by atoms with Crippen LogP contribution in [0.15, 0.2) is 73.8 Å². The van der Waals surface area contributed by atoms with Gasteiger partial charge in [-0.3, -0.25) is 4.90 Å². The molecule has 0 radical (unpaired) electrons. The molecule has 0 bridgehead atoms. The number of amides is 1. The smallest absolute Gasteiger partial charge is 0.414 e. The van der Waals surface area contributed by atoms with Crippen molar-refractivity contribution in [2.75, 3.05) is 23.3 Å². The van der Waals surface area contributed by atoms with Crippen LogP contribution in [0.1, 0.15) is 55.9 Å². The van der Waals surface area contributed by atoms with E-state index in [0.717, 1.165) is 38.2 Å². The third kappa shape index (κ3) is 7.07. The number of anilines is 2. The summed E-state index contributed by atoms with van der Waals surface area (Å²) in [6, 6.07) is 13.0. The Kier molecular flexibility index (Phi) is 8.00. The molecule has 0 fully saturated rings. The van der Waals surface area contributed by atoms with Crippen molar-refractivity contribution < 1.29 is 9.53 Å². The molecular formula is C31H38N6O2. The summed E-state index contributed by atoms with van der Waals surface area (Å²) < 4.78 is 9.66. The molecule has 6 rings (SSSR count). The Morgan fingerprint density at radius 3 is 2.18 bits per heavy atom. The number of carbonyl (C=O) groups is 1. The molecule has 2 aromatic carbocycles. The summed E-state index contributed by atoms with van der Waals surface area (Å²) in [4.78, 5) is 22.3. The van der Waals surface area contributed by atoms with Crippen LogP contribution in [0.5, 0.6) is 0 Å². The SMILES string of the molecule is CC(C)(C)OC(=O)N1CCCc2cc(Cn3ccnc3)ccc21.c1cn(Cc2ccc3c(c2)CCCN3)cn1. The van der Waals surface area contributed by atoms with Gasteiger partial charge in [0.25, 0.3) is 0 Å². The van der Waals surface area contributed by atoms with Crippen molar-refractivity contribution in [3.05, 3.63) is 96.1 Å². The highest BCUT2D eigenvalue weighted by molar-refractivity contribution is 5.89. The quantitative estimate of drug-likeness (QED) is 0.358. The third-order valence-corrected chi connectivity index (χ3v) is 6.83. The summed E-state index contributed by atoms with van der Waals surface area (Å²) in [6.45, 7) is 9.20. The van der Waals surface area contributed by atoms with Crippen molar-refractivity contribution in [1.82, 2.24) is 19.1 Å². The van der Waals surface area contributed by atoms with Crippen molar-refractivity contribution in [2.45, 2.75) is 65.1 Å². The Morgan fingerprint density at radius 2 is 1.54 bits per heavy atom. The Hall–Kier alpha value is -4.07. The van der Waals surface area contributed by atoms with E-state index in [0.29, 0.717) is 6.54 Å². The minimum atomic E-state index is -0.476. The lowest BCUT2D eigenvalue weighted by molar-refractivity contribution is 0.0578. The van der Waals surface area contributed by atoms with E-state index in [1.54, 1.807) is 11.1 Å². The van der Waals surface area contributed by atoms with Crippen LogP contribution < -0.4 is 10.2 Å². The number of fused-ring (bicyclic) bond motifs is 2. The third-order valence-electron chi connectivity index (χ3n) is 6.83. The molecule has 2 aliphatic rings. The first-order valence-corrected chi connectivity index (χ1v) is 13.7. The van der Waals surface area contributed by atoms with Crippen LogP contribution in [-0.4, -0.2) is 43.9 Å². The van der Waals surface area contributed by atoms with Crippen LogP contribution in [0.3, 0.4) is 0 Å². The second-order valence-electron chi connectivity index (χ2n) is 11.2. The van der Waals surface area contributed by atoms with Gasteiger partial charge in [-0.05, 0) is 80.8 Å². The highest BCUT2D eigenvalue weighted by Gasteiger charge is 2.27. The number of aryl methyl sites for hydroxylation is 2. The number of imidazole rings is 2. The van der Waals surface area contributed by atoms with Crippen LogP contribution in [0.2, 0.25) is 0 Å². The monoisotopic (exact) mass is 526 g/mol. The molecule has 0 spiro atoms. The molecule has 1 N–H and O–H groups in total. The summed E-state index contributed by atoms with van der Waals surface area (Å²) in [5, 5.41) is 3.43. The van der Waals surface area contributed by atoms with Crippen LogP contribution in [-0.2, 0) is 30.7 Å². The summed E-state index contributed by atoms with van der Waals surface area (Å²) in [5.74, 6) is 0. The zero-order chi connectivity index (χ0) is 27.2. The number of ether oxygens (including phenoxy) is 1. The second kappa shape index (κ2) is 11.8. The minimum absolute atomic E-state index is 0.263. The molecular weight excluding hydrogens is 488 g/mol. The number of nitrogens with zero attached hydrogens (tertiary/aromatic N) is 5. The molecule has 8 heteroatoms. The van der Waals surface area contributed by atoms with Crippen LogP contribution >= 0.6 is 0 Å². The molecule has 2 aromatic heterocycles. The van der Waals surface area contributed by atoms with Crippen molar-refractivity contribution >= 4 is 17.5 Å². The number of nitrogens with one attached hydrogen (secondary N) is 1. The van der Waals surface area contributed by atoms with E-state index >= 15 is 0 Å². The zero-order valence-corrected chi connectivity index (χ0v) is 23.1. The second-order valence-corrected chi connectivity index (χ2v) is 11.2. The number of carbonyl (C=O) groups excluding carboxylic acids is 1. The van der Waals surface area contributed by atoms with Gasteiger partial charge in [0.1, 0.15) is 5.60 Å². The lowest BCUT2D eigenvalue weighted by atomic mass is 9.99. The molecule has 204 valence electrons. The van der Waals surface area contributed by atoms with Gasteiger partial charge in [0.15, 0.2) is 0 Å². The number of hydrogen-bond donors (Lipinski definition) is 1. The first-order chi connectivity index (χ1) is 18.8. The zero-order valence-electron chi connectivity index (χ0n) is 23.1. The molecule has 0 saturated heterocycles. The van der Waals surface area contributed by atoms with Crippen LogP contribution in [0.25, 0.3) is 0 Å². The van der Waals surface area contributed by atoms with Gasteiger partial charge in [-0.25, -0.2) is 14.8 Å². The lowest BCUT2D eigenvalue weighted by Crippen LogP contribution is -2.39. The predicted octanol–water partition coefficient (Wildman–Crippen LogP) is 5.91. The molecule has 2 aliphatic heterocycles. The first-order valence-electron chi connectivity index (χ1n) is 13.7. The average Bonchev–Trinajstić information content (AvgIpc) is 3.62. The number of hydrogen-bond acceptors (Lipinski definition) is 5. The molecule has 1 amide bonds. The fraction of sp³-hybridized carbons (Fsp3) is 0.387. The Morgan fingerprint density at radius 1 is 0.897 bits per heavy atom. The number of aromatic nitrogens is 4. The largest absolute Gasteiger partial charge is 0.443 e. The van der Waals surface area contributed by atoms with Gasteiger partial charge in [-0.1, -0.05) is 24.3 Å². The van der Waals surface area contributed by atoms with Gasteiger partial charge in [0, 0.05) is 56.7 Å². The maximum atomic E-state index is 12.4. The number of rotatable bonds is 4. The van der Waals surface area contributed by atoms with Gasteiger partial charge in [0.05, 0.1) is 18.3 Å². The first kappa shape index (κ1) is 26.5. The predicted molar refractivity (Wildman–Crippen MR) is 154 cm³/mol. The Bertz CT molecular complexity index is 1370. The minimum Gasteiger partial charge on any atom is -0.443 e. The van der Waals surface area contributed by atoms with Gasteiger partial charge < -0.3 is 19.2 Å². The standard InChI is InChI=1S/C18H23N3O2.C13H15N3/c1-18(2,3)23-17(22)21-9-4-5-15-11-14(6-7-16(15)21)12-20-10-8-19-13-20;1-2-12-8-11(3-4-13(12)15-5-1)9-16-7-6-14-10-16/h6-8,10-11,13H,4-5,9,12H2,1-3H3;3-4,6-8,10,15H,1-2,5,9H2. The van der Waals surface area contributed by atoms with Crippen molar-refractivity contribution in [3.63, 3.8) is 0 Å². The molecule has 4 heterocycles. The van der Waals surface area contributed by atoms with E-state index in [-0.39, 0.29) is 6.09 Å². The highest BCUT2D eigenvalue weighted by Crippen LogP contribution is 2.30. The number of benzene rings is 2. The van der Waals surface area contributed by atoms with E-state index in [1.165, 1.54) is 40.8 Å². The van der Waals surface area contributed by atoms with Crippen molar-refractivity contribution in [2.24, 2.45) is 0 Å². The maximum absolute atomic E-state index is 12.4. The topological polar surface area (TPSA) is 77.2 Å². The van der Waals surface area contributed by atoms with Gasteiger partial charge in [0.2, 0.25) is 0 Å². The van der Waals surface area contributed by atoms with E-state index in [1.807, 2.05) is 62.6 Å². The highest BCUT2D eigenvalue weighted by atomic mass is 16.6. The molecule has 39 heavy (non-hydrogen) atoms. The van der Waals surface area contributed by atoms with Crippen LogP contribution in [0, 0.1) is 0 Å². The van der Waals surface area contributed by atoms with Gasteiger partial charge in [-0.15, -0.1) is 0 Å². The Labute approximate surface area is 230 Å². The van der Waals surface area contributed by atoms with E-state index in [4.69, 9.17) is 4.74 Å². The molecule has 8 nitrogen and oxygen atoms in total. The molecule has 4 aromatic rings. The fourth-order valence-electron chi connectivity index (χ4n) is 5.06. The van der Waals surface area contributed by atoms with Crippen LogP contribution in [0.4, 0.5) is 16.2 Å². The molecule has 0 unspecified atom stereocenters. The normalized spacial score (nSPS) is 14.4. The van der Waals surface area contributed by atoms with E-state index in [9.17, 15) is 4.79 Å². The fourth-order valence-corrected chi connectivity index (χ4v) is 5.06. The van der Waals surface area contributed by atoms with E-state index in [2.05, 4.69) is 50.2 Å². The average molecular weight is 527 g/mol. The molecule has 0 aliphatic carbocycles. The maximum Gasteiger partial charge on any atom is 0.414 e. The molecule has 0 atom stereocenters. The van der Waals surface area contributed by atoms with E-state index < -0.39 is 5.60 Å². The van der Waals surface area contributed by atoms with Crippen molar-refractivity contribution in [1.29, 1.82) is 0 Å². The summed E-state index contributed by atoms with van der Waals surface area (Å²) in [6.07, 6.45) is 15.3. The van der Waals surface area contributed by atoms with Gasteiger partial charge in [-0.2, -0.15) is 0 Å². The summed E-state index contributed by atoms with van der Waals surface area (Å²) in [5.41, 5.74) is 7.02. The summed E-state index contributed by atoms with van der Waals surface area (Å²) in [7, 11) is 0. The van der Waals surface area contributed by atoms with Crippen molar-refractivity contribution in [3.8, 4) is 0 Å². The lowest BCUT2D eigenvalue weighted by Gasteiger charge is -2.32. The Balaban J connectivity index is 0.000000168. The molecule has 0 saturated carbocycles. The summed E-state index contributed by atoms with van der Waals surface area (Å²) >= 11 is 0.